The number of hydrogen-bond acceptors (Lipinski definition) is 3. The van der Waals surface area contributed by atoms with Crippen LogP contribution in [0.3, 0.4) is 0 Å². The maximum Gasteiger partial charge on any atom is 0.431 e. The molecule has 3 heterocycles. The third-order valence-electron chi connectivity index (χ3n) is 4.00. The summed E-state index contributed by atoms with van der Waals surface area (Å²) in [4.78, 5) is 16.3. The van der Waals surface area contributed by atoms with E-state index in [4.69, 9.17) is 0 Å². The van der Waals surface area contributed by atoms with Gasteiger partial charge in [-0.2, -0.15) is 13.2 Å². The highest BCUT2D eigenvalue weighted by Crippen LogP contribution is 2.28. The van der Waals surface area contributed by atoms with Gasteiger partial charge in [-0.25, -0.2) is 4.98 Å². The minimum atomic E-state index is -4.58. The zero-order valence-corrected chi connectivity index (χ0v) is 11.9. The fourth-order valence-corrected chi connectivity index (χ4v) is 2.87. The van der Waals surface area contributed by atoms with Crippen LogP contribution >= 0.6 is 0 Å². The van der Waals surface area contributed by atoms with Gasteiger partial charge in [0, 0.05) is 11.8 Å². The molecule has 1 aliphatic heterocycles. The Labute approximate surface area is 125 Å². The van der Waals surface area contributed by atoms with Crippen molar-refractivity contribution < 1.29 is 13.2 Å². The molecular formula is C15H16F3N3O. The highest BCUT2D eigenvalue weighted by atomic mass is 19.4. The van der Waals surface area contributed by atoms with Gasteiger partial charge in [-0.15, -0.1) is 0 Å². The SMILES string of the molecule is O=c1cc(CCC2CCNC2)nc2cccc(C(F)(F)F)n12. The first kappa shape index (κ1) is 15.0. The second-order valence-electron chi connectivity index (χ2n) is 5.59. The van der Waals surface area contributed by atoms with Crippen LogP contribution in [0.15, 0.2) is 29.1 Å². The zero-order valence-electron chi connectivity index (χ0n) is 11.9. The molecule has 1 aliphatic rings. The first-order chi connectivity index (χ1) is 10.4. The molecule has 0 aromatic carbocycles. The van der Waals surface area contributed by atoms with Crippen molar-refractivity contribution in [2.24, 2.45) is 5.92 Å². The highest BCUT2D eigenvalue weighted by Gasteiger charge is 2.33. The van der Waals surface area contributed by atoms with Crippen LogP contribution in [0.2, 0.25) is 0 Å². The molecule has 7 heteroatoms. The van der Waals surface area contributed by atoms with Gasteiger partial charge in [0.05, 0.1) is 0 Å². The van der Waals surface area contributed by atoms with Gasteiger partial charge in [0.1, 0.15) is 11.3 Å². The second kappa shape index (κ2) is 5.72. The molecule has 1 unspecified atom stereocenters. The van der Waals surface area contributed by atoms with Crippen LogP contribution in [0.1, 0.15) is 24.2 Å². The predicted molar refractivity (Wildman–Crippen MR) is 75.8 cm³/mol. The van der Waals surface area contributed by atoms with Crippen molar-refractivity contribution in [2.75, 3.05) is 13.1 Å². The number of halogens is 3. The number of rotatable bonds is 3. The first-order valence-corrected chi connectivity index (χ1v) is 7.25. The van der Waals surface area contributed by atoms with Crippen LogP contribution in [0.4, 0.5) is 13.2 Å². The normalized spacial score (nSPS) is 19.0. The third kappa shape index (κ3) is 2.99. The molecule has 4 nitrogen and oxygen atoms in total. The van der Waals surface area contributed by atoms with Crippen molar-refractivity contribution >= 4 is 5.65 Å². The molecular weight excluding hydrogens is 295 g/mol. The minimum Gasteiger partial charge on any atom is -0.316 e. The first-order valence-electron chi connectivity index (χ1n) is 7.25. The van der Waals surface area contributed by atoms with Gasteiger partial charge in [0.2, 0.25) is 0 Å². The van der Waals surface area contributed by atoms with Gasteiger partial charge in [0.25, 0.3) is 5.56 Å². The van der Waals surface area contributed by atoms with Crippen molar-refractivity contribution in [3.63, 3.8) is 0 Å². The molecule has 0 amide bonds. The molecule has 2 aromatic rings. The van der Waals surface area contributed by atoms with E-state index in [1.54, 1.807) is 0 Å². The Morgan fingerprint density at radius 3 is 2.86 bits per heavy atom. The Bertz CT molecular complexity index is 733. The molecule has 0 aliphatic carbocycles. The van der Waals surface area contributed by atoms with Crippen molar-refractivity contribution in [1.82, 2.24) is 14.7 Å². The van der Waals surface area contributed by atoms with Gasteiger partial charge in [-0.05, 0) is 50.4 Å². The van der Waals surface area contributed by atoms with E-state index < -0.39 is 17.4 Å². The maximum atomic E-state index is 13.0. The van der Waals surface area contributed by atoms with Gasteiger partial charge in [-0.3, -0.25) is 9.20 Å². The molecule has 0 bridgehead atoms. The minimum absolute atomic E-state index is 0.0434. The lowest BCUT2D eigenvalue weighted by Crippen LogP contribution is -2.23. The van der Waals surface area contributed by atoms with Crippen molar-refractivity contribution in [3.8, 4) is 0 Å². The Morgan fingerprint density at radius 1 is 1.36 bits per heavy atom. The molecule has 3 rings (SSSR count). The van der Waals surface area contributed by atoms with Crippen LogP contribution in [0.25, 0.3) is 5.65 Å². The van der Waals surface area contributed by atoms with Crippen LogP contribution < -0.4 is 10.9 Å². The van der Waals surface area contributed by atoms with E-state index in [9.17, 15) is 18.0 Å². The van der Waals surface area contributed by atoms with Crippen LogP contribution in [0, 0.1) is 5.92 Å². The molecule has 1 atom stereocenters. The van der Waals surface area contributed by atoms with Crippen LogP contribution in [0.5, 0.6) is 0 Å². The fraction of sp³-hybridized carbons (Fsp3) is 0.467. The van der Waals surface area contributed by atoms with Gasteiger partial charge in [-0.1, -0.05) is 6.07 Å². The van der Waals surface area contributed by atoms with E-state index in [0.717, 1.165) is 32.0 Å². The van der Waals surface area contributed by atoms with Gasteiger partial charge in [0.15, 0.2) is 0 Å². The number of fused-ring (bicyclic) bond motifs is 1. The number of nitrogens with zero attached hydrogens (tertiary/aromatic N) is 2. The average Bonchev–Trinajstić information content (AvgIpc) is 2.97. The third-order valence-corrected chi connectivity index (χ3v) is 4.00. The number of aromatic nitrogens is 2. The molecule has 1 saturated heterocycles. The Balaban J connectivity index is 1.94. The van der Waals surface area contributed by atoms with Crippen LogP contribution in [-0.4, -0.2) is 22.5 Å². The standard InChI is InChI=1S/C15H16F3N3O/c16-15(17,18)12-2-1-3-13-20-11(8-14(22)21(12)13)5-4-10-6-7-19-9-10/h1-3,8,10,19H,4-7,9H2. The van der Waals surface area contributed by atoms with Gasteiger partial charge < -0.3 is 5.32 Å². The molecule has 118 valence electrons. The quantitative estimate of drug-likeness (QED) is 0.946. The molecule has 1 fully saturated rings. The van der Waals surface area contributed by atoms with E-state index in [-0.39, 0.29) is 5.65 Å². The summed E-state index contributed by atoms with van der Waals surface area (Å²) in [7, 11) is 0. The van der Waals surface area contributed by atoms with E-state index >= 15 is 0 Å². The average molecular weight is 311 g/mol. The number of alkyl halides is 3. The molecule has 0 spiro atoms. The lowest BCUT2D eigenvalue weighted by atomic mass is 10.0. The number of hydrogen-bond donors (Lipinski definition) is 1. The summed E-state index contributed by atoms with van der Waals surface area (Å²) in [5, 5.41) is 3.26. The number of pyridine rings is 1. The summed E-state index contributed by atoms with van der Waals surface area (Å²) < 4.78 is 39.5. The van der Waals surface area contributed by atoms with Gasteiger partial charge >= 0.3 is 6.18 Å². The van der Waals surface area contributed by atoms with Crippen molar-refractivity contribution in [3.05, 3.63) is 46.0 Å². The predicted octanol–water partition coefficient (Wildman–Crippen LogP) is 2.26. The summed E-state index contributed by atoms with van der Waals surface area (Å²) >= 11 is 0. The molecule has 0 radical (unpaired) electrons. The second-order valence-corrected chi connectivity index (χ2v) is 5.59. The van der Waals surface area contributed by atoms with Crippen molar-refractivity contribution in [1.29, 1.82) is 0 Å². The molecule has 0 saturated carbocycles. The Morgan fingerprint density at radius 2 is 2.18 bits per heavy atom. The number of aryl methyl sites for hydroxylation is 1. The number of nitrogens with one attached hydrogen (secondary N) is 1. The smallest absolute Gasteiger partial charge is 0.316 e. The van der Waals surface area contributed by atoms with Crippen molar-refractivity contribution in [2.45, 2.75) is 25.4 Å². The topological polar surface area (TPSA) is 46.4 Å². The summed E-state index contributed by atoms with van der Waals surface area (Å²) in [6.45, 7) is 1.94. The molecule has 1 N–H and O–H groups in total. The summed E-state index contributed by atoms with van der Waals surface area (Å²) in [6, 6.07) is 4.80. The maximum absolute atomic E-state index is 13.0. The lowest BCUT2D eigenvalue weighted by Gasteiger charge is -2.12. The summed E-state index contributed by atoms with van der Waals surface area (Å²) in [6.07, 6.45) is -2.00. The van der Waals surface area contributed by atoms with Crippen LogP contribution in [-0.2, 0) is 12.6 Å². The molecule has 2 aromatic heterocycles. The van der Waals surface area contributed by atoms with E-state index in [0.29, 0.717) is 22.4 Å². The fourth-order valence-electron chi connectivity index (χ4n) is 2.87. The Hall–Kier alpha value is -1.89. The summed E-state index contributed by atoms with van der Waals surface area (Å²) in [5.41, 5.74) is -1.08. The Kier molecular flexibility index (Phi) is 3.90. The highest BCUT2D eigenvalue weighted by molar-refractivity contribution is 5.41. The molecule has 22 heavy (non-hydrogen) atoms. The van der Waals surface area contributed by atoms with E-state index in [2.05, 4.69) is 10.3 Å². The van der Waals surface area contributed by atoms with E-state index in [1.807, 2.05) is 0 Å². The van der Waals surface area contributed by atoms with E-state index in [1.165, 1.54) is 18.2 Å². The summed E-state index contributed by atoms with van der Waals surface area (Å²) in [5.74, 6) is 0.543. The lowest BCUT2D eigenvalue weighted by molar-refractivity contribution is -0.142. The monoisotopic (exact) mass is 311 g/mol. The largest absolute Gasteiger partial charge is 0.431 e. The zero-order chi connectivity index (χ0) is 15.7.